The molecule has 3 rings (SSSR count). The molecule has 20 heavy (non-hydrogen) atoms. The van der Waals surface area contributed by atoms with E-state index in [0.29, 0.717) is 22.7 Å². The van der Waals surface area contributed by atoms with Crippen molar-refractivity contribution in [2.75, 3.05) is 17.6 Å². The van der Waals surface area contributed by atoms with Crippen molar-refractivity contribution in [3.63, 3.8) is 0 Å². The summed E-state index contributed by atoms with van der Waals surface area (Å²) in [6.07, 6.45) is 6.07. The molecule has 0 aliphatic heterocycles. The molecule has 1 aromatic heterocycles. The van der Waals surface area contributed by atoms with Crippen LogP contribution in [-0.2, 0) is 0 Å². The zero-order chi connectivity index (χ0) is 14.1. The van der Waals surface area contributed by atoms with E-state index >= 15 is 0 Å². The number of hydrogen-bond acceptors (Lipinski definition) is 5. The first-order valence-corrected chi connectivity index (χ1v) is 8.24. The first-order valence-electron chi connectivity index (χ1n) is 7.43. The first-order chi connectivity index (χ1) is 9.61. The molecule has 1 heterocycles. The number of nitrogens with zero attached hydrogens (tertiary/aromatic N) is 1. The van der Waals surface area contributed by atoms with Gasteiger partial charge in [-0.2, -0.15) is 0 Å². The van der Waals surface area contributed by atoms with Crippen LogP contribution in [0, 0.1) is 11.8 Å². The fourth-order valence-electron chi connectivity index (χ4n) is 2.79. The average molecular weight is 294 g/mol. The van der Waals surface area contributed by atoms with Gasteiger partial charge in [-0.25, -0.2) is 4.98 Å². The number of hydrogen-bond donors (Lipinski definition) is 3. The molecular formula is C14H22N4OS. The molecule has 2 aliphatic rings. The zero-order valence-electron chi connectivity index (χ0n) is 11.8. The SMILES string of the molecule is CC1CCC(CNC(=O)c2sc(NC3CC3)nc2N)C1. The summed E-state index contributed by atoms with van der Waals surface area (Å²) in [5, 5.41) is 7.06. The second-order valence-corrected chi connectivity index (χ2v) is 7.15. The van der Waals surface area contributed by atoms with Gasteiger partial charge in [0.2, 0.25) is 0 Å². The van der Waals surface area contributed by atoms with Crippen molar-refractivity contribution in [1.82, 2.24) is 10.3 Å². The summed E-state index contributed by atoms with van der Waals surface area (Å²) in [6, 6.07) is 0.524. The molecule has 2 fully saturated rings. The Morgan fingerprint density at radius 1 is 1.40 bits per heavy atom. The van der Waals surface area contributed by atoms with Crippen molar-refractivity contribution in [3.05, 3.63) is 4.88 Å². The summed E-state index contributed by atoms with van der Waals surface area (Å²) < 4.78 is 0. The van der Waals surface area contributed by atoms with Crippen molar-refractivity contribution in [3.8, 4) is 0 Å². The summed E-state index contributed by atoms with van der Waals surface area (Å²) in [5.74, 6) is 1.67. The van der Waals surface area contributed by atoms with Crippen LogP contribution in [0.5, 0.6) is 0 Å². The predicted molar refractivity (Wildman–Crippen MR) is 82.0 cm³/mol. The highest BCUT2D eigenvalue weighted by Crippen LogP contribution is 2.31. The molecule has 0 radical (unpaired) electrons. The maximum atomic E-state index is 12.2. The van der Waals surface area contributed by atoms with E-state index in [-0.39, 0.29) is 5.91 Å². The van der Waals surface area contributed by atoms with Gasteiger partial charge in [0.1, 0.15) is 10.7 Å². The fraction of sp³-hybridized carbons (Fsp3) is 0.714. The Labute approximate surface area is 123 Å². The molecule has 4 N–H and O–H groups in total. The molecular weight excluding hydrogens is 272 g/mol. The number of carbonyl (C=O) groups is 1. The Bertz CT molecular complexity index is 497. The first kappa shape index (κ1) is 13.7. The van der Waals surface area contributed by atoms with Crippen molar-refractivity contribution >= 4 is 28.2 Å². The summed E-state index contributed by atoms with van der Waals surface area (Å²) in [5.41, 5.74) is 5.84. The predicted octanol–water partition coefficient (Wildman–Crippen LogP) is 2.47. The van der Waals surface area contributed by atoms with Gasteiger partial charge in [-0.3, -0.25) is 4.79 Å². The largest absolute Gasteiger partial charge is 0.382 e. The lowest BCUT2D eigenvalue weighted by Crippen LogP contribution is -2.28. The quantitative estimate of drug-likeness (QED) is 0.779. The lowest BCUT2D eigenvalue weighted by Gasteiger charge is -2.10. The number of amides is 1. The monoisotopic (exact) mass is 294 g/mol. The molecule has 0 aromatic carbocycles. The Balaban J connectivity index is 1.54. The average Bonchev–Trinajstić information content (AvgIpc) is 3.00. The van der Waals surface area contributed by atoms with E-state index in [4.69, 9.17) is 5.73 Å². The van der Waals surface area contributed by atoms with Crippen LogP contribution in [0.25, 0.3) is 0 Å². The molecule has 0 spiro atoms. The van der Waals surface area contributed by atoms with Crippen LogP contribution in [0.15, 0.2) is 0 Å². The standard InChI is InChI=1S/C14H22N4OS/c1-8-2-3-9(6-8)7-16-13(19)11-12(15)18-14(20-11)17-10-4-5-10/h8-10H,2-7,15H2,1H3,(H,16,19)(H,17,18). The minimum atomic E-state index is -0.0802. The molecule has 1 aromatic rings. The smallest absolute Gasteiger partial charge is 0.265 e. The van der Waals surface area contributed by atoms with E-state index in [2.05, 4.69) is 22.5 Å². The molecule has 0 bridgehead atoms. The van der Waals surface area contributed by atoms with Crippen LogP contribution >= 0.6 is 11.3 Å². The molecule has 2 saturated carbocycles. The van der Waals surface area contributed by atoms with Crippen molar-refractivity contribution in [2.45, 2.75) is 45.1 Å². The molecule has 2 unspecified atom stereocenters. The van der Waals surface area contributed by atoms with Gasteiger partial charge in [0.25, 0.3) is 5.91 Å². The number of aromatic nitrogens is 1. The minimum Gasteiger partial charge on any atom is -0.382 e. The van der Waals surface area contributed by atoms with Crippen molar-refractivity contribution in [2.24, 2.45) is 11.8 Å². The zero-order valence-corrected chi connectivity index (χ0v) is 12.6. The third-order valence-corrected chi connectivity index (χ3v) is 5.12. The van der Waals surface area contributed by atoms with E-state index in [1.807, 2.05) is 0 Å². The van der Waals surface area contributed by atoms with E-state index in [1.165, 1.54) is 43.4 Å². The summed E-state index contributed by atoms with van der Waals surface area (Å²) in [7, 11) is 0. The Kier molecular flexibility index (Phi) is 3.83. The number of carbonyl (C=O) groups excluding carboxylic acids is 1. The molecule has 2 aliphatic carbocycles. The van der Waals surface area contributed by atoms with Crippen molar-refractivity contribution in [1.29, 1.82) is 0 Å². The Morgan fingerprint density at radius 2 is 2.20 bits per heavy atom. The highest BCUT2D eigenvalue weighted by molar-refractivity contribution is 7.18. The van der Waals surface area contributed by atoms with Gasteiger partial charge in [-0.1, -0.05) is 24.7 Å². The Morgan fingerprint density at radius 3 is 2.85 bits per heavy atom. The number of nitrogens with one attached hydrogen (secondary N) is 2. The van der Waals surface area contributed by atoms with Crippen LogP contribution in [0.4, 0.5) is 10.9 Å². The van der Waals surface area contributed by atoms with Gasteiger partial charge in [-0.15, -0.1) is 0 Å². The lowest BCUT2D eigenvalue weighted by molar-refractivity contribution is 0.0952. The topological polar surface area (TPSA) is 80.0 Å². The van der Waals surface area contributed by atoms with E-state index < -0.39 is 0 Å². The molecule has 0 saturated heterocycles. The second kappa shape index (κ2) is 5.60. The van der Waals surface area contributed by atoms with Gasteiger partial charge >= 0.3 is 0 Å². The summed E-state index contributed by atoms with van der Waals surface area (Å²) >= 11 is 1.36. The second-order valence-electron chi connectivity index (χ2n) is 6.15. The van der Waals surface area contributed by atoms with Gasteiger partial charge < -0.3 is 16.4 Å². The summed E-state index contributed by atoms with van der Waals surface area (Å²) in [6.45, 7) is 3.03. The van der Waals surface area contributed by atoms with Gasteiger partial charge in [-0.05, 0) is 37.5 Å². The minimum absolute atomic E-state index is 0.0802. The third-order valence-electron chi connectivity index (χ3n) is 4.12. The molecule has 5 nitrogen and oxygen atoms in total. The van der Waals surface area contributed by atoms with E-state index in [1.54, 1.807) is 0 Å². The maximum Gasteiger partial charge on any atom is 0.265 e. The highest BCUT2D eigenvalue weighted by atomic mass is 32.1. The molecule has 2 atom stereocenters. The number of rotatable bonds is 5. The third kappa shape index (κ3) is 3.23. The summed E-state index contributed by atoms with van der Waals surface area (Å²) in [4.78, 5) is 16.9. The van der Waals surface area contributed by atoms with Crippen LogP contribution in [-0.4, -0.2) is 23.5 Å². The number of nitrogen functional groups attached to an aromatic ring is 1. The molecule has 110 valence electrons. The maximum absolute atomic E-state index is 12.2. The lowest BCUT2D eigenvalue weighted by atomic mass is 10.1. The van der Waals surface area contributed by atoms with Gasteiger partial charge in [0, 0.05) is 12.6 Å². The fourth-order valence-corrected chi connectivity index (χ4v) is 3.66. The molecule has 6 heteroatoms. The van der Waals surface area contributed by atoms with Crippen LogP contribution < -0.4 is 16.4 Å². The van der Waals surface area contributed by atoms with Crippen LogP contribution in [0.1, 0.15) is 48.7 Å². The molecule has 1 amide bonds. The number of anilines is 2. The Hall–Kier alpha value is -1.30. The highest BCUT2D eigenvalue weighted by Gasteiger charge is 2.25. The van der Waals surface area contributed by atoms with Crippen LogP contribution in [0.2, 0.25) is 0 Å². The van der Waals surface area contributed by atoms with Crippen molar-refractivity contribution < 1.29 is 4.79 Å². The normalized spacial score (nSPS) is 25.6. The number of thiazole rings is 1. The van der Waals surface area contributed by atoms with E-state index in [9.17, 15) is 4.79 Å². The van der Waals surface area contributed by atoms with Gasteiger partial charge in [0.15, 0.2) is 5.13 Å². The van der Waals surface area contributed by atoms with Gasteiger partial charge in [0.05, 0.1) is 0 Å². The number of nitrogens with two attached hydrogens (primary N) is 1. The van der Waals surface area contributed by atoms with Crippen LogP contribution in [0.3, 0.4) is 0 Å². The van der Waals surface area contributed by atoms with E-state index in [0.717, 1.165) is 17.6 Å².